The van der Waals surface area contributed by atoms with Gasteiger partial charge in [0.05, 0.1) is 4.90 Å². The van der Waals surface area contributed by atoms with Gasteiger partial charge in [0.15, 0.2) is 0 Å². The predicted molar refractivity (Wildman–Crippen MR) is 92.0 cm³/mol. The van der Waals surface area contributed by atoms with Crippen molar-refractivity contribution in [2.24, 2.45) is 0 Å². The zero-order chi connectivity index (χ0) is 17.6. The van der Waals surface area contributed by atoms with Gasteiger partial charge in [-0.2, -0.15) is 4.31 Å². The van der Waals surface area contributed by atoms with E-state index in [0.717, 1.165) is 5.56 Å². The van der Waals surface area contributed by atoms with Gasteiger partial charge in [0.1, 0.15) is 0 Å². The van der Waals surface area contributed by atoms with Crippen LogP contribution in [-0.2, 0) is 16.6 Å². The molecule has 1 amide bonds. The zero-order valence-electron chi connectivity index (χ0n) is 13.8. The lowest BCUT2D eigenvalue weighted by Crippen LogP contribution is -2.31. The van der Waals surface area contributed by atoms with Crippen LogP contribution in [0.5, 0.6) is 0 Å². The van der Waals surface area contributed by atoms with Crippen LogP contribution in [0.3, 0.4) is 0 Å². The van der Waals surface area contributed by atoms with E-state index < -0.39 is 10.0 Å². The topological polar surface area (TPSA) is 79.4 Å². The molecule has 7 heteroatoms. The average molecular weight is 347 g/mol. The Morgan fingerprint density at radius 2 is 1.79 bits per heavy atom. The van der Waals surface area contributed by atoms with Gasteiger partial charge in [0.25, 0.3) is 5.91 Å². The molecule has 1 aromatic carbocycles. The summed E-state index contributed by atoms with van der Waals surface area (Å²) >= 11 is 0. The maximum Gasteiger partial charge on any atom is 0.251 e. The molecule has 2 aromatic rings. The smallest absolute Gasteiger partial charge is 0.251 e. The van der Waals surface area contributed by atoms with Crippen LogP contribution in [-0.4, -0.2) is 36.7 Å². The summed E-state index contributed by atoms with van der Waals surface area (Å²) in [5.41, 5.74) is 1.24. The van der Waals surface area contributed by atoms with Crippen LogP contribution in [0.1, 0.15) is 29.8 Å². The molecule has 0 aliphatic carbocycles. The van der Waals surface area contributed by atoms with Crippen LogP contribution in [0, 0.1) is 0 Å². The number of pyridine rings is 1. The van der Waals surface area contributed by atoms with E-state index in [1.165, 1.54) is 16.4 Å². The number of aromatic nitrogens is 1. The van der Waals surface area contributed by atoms with Gasteiger partial charge in [-0.05, 0) is 35.9 Å². The van der Waals surface area contributed by atoms with Gasteiger partial charge in [0, 0.05) is 37.6 Å². The number of benzene rings is 1. The number of amides is 1. The Bertz CT molecular complexity index is 788. The van der Waals surface area contributed by atoms with E-state index in [2.05, 4.69) is 10.3 Å². The number of nitrogens with one attached hydrogen (secondary N) is 1. The monoisotopic (exact) mass is 347 g/mol. The SMILES string of the molecule is CCN(CC)S(=O)(=O)c1cccc(C(=O)NCc2ccncc2)c1. The van der Waals surface area contributed by atoms with Crippen LogP contribution >= 0.6 is 0 Å². The van der Waals surface area contributed by atoms with Crippen molar-refractivity contribution in [2.75, 3.05) is 13.1 Å². The first-order valence-corrected chi connectivity index (χ1v) is 9.20. The second kappa shape index (κ2) is 8.03. The molecule has 1 heterocycles. The molecule has 6 nitrogen and oxygen atoms in total. The summed E-state index contributed by atoms with van der Waals surface area (Å²) in [5, 5.41) is 2.78. The van der Waals surface area contributed by atoms with Crippen LogP contribution in [0.2, 0.25) is 0 Å². The number of sulfonamides is 1. The molecule has 0 aliphatic rings. The lowest BCUT2D eigenvalue weighted by atomic mass is 10.2. The van der Waals surface area contributed by atoms with E-state index in [4.69, 9.17) is 0 Å². The van der Waals surface area contributed by atoms with Crippen LogP contribution in [0.4, 0.5) is 0 Å². The second-order valence-electron chi connectivity index (χ2n) is 5.16. The first-order valence-electron chi connectivity index (χ1n) is 7.76. The minimum Gasteiger partial charge on any atom is -0.348 e. The highest BCUT2D eigenvalue weighted by Gasteiger charge is 2.22. The molecule has 128 valence electrons. The van der Waals surface area contributed by atoms with Crippen LogP contribution < -0.4 is 5.32 Å². The Morgan fingerprint density at radius 1 is 1.12 bits per heavy atom. The van der Waals surface area contributed by atoms with E-state index in [-0.39, 0.29) is 10.8 Å². The molecule has 1 N–H and O–H groups in total. The van der Waals surface area contributed by atoms with Crippen molar-refractivity contribution < 1.29 is 13.2 Å². The number of nitrogens with zero attached hydrogens (tertiary/aromatic N) is 2. The van der Waals surface area contributed by atoms with Crippen molar-refractivity contribution in [1.29, 1.82) is 0 Å². The quantitative estimate of drug-likeness (QED) is 0.831. The van der Waals surface area contributed by atoms with Crippen molar-refractivity contribution in [1.82, 2.24) is 14.6 Å². The highest BCUT2D eigenvalue weighted by atomic mass is 32.2. The molecule has 24 heavy (non-hydrogen) atoms. The molecule has 0 spiro atoms. The van der Waals surface area contributed by atoms with Crippen molar-refractivity contribution in [2.45, 2.75) is 25.3 Å². The first-order chi connectivity index (χ1) is 11.5. The van der Waals surface area contributed by atoms with Crippen LogP contribution in [0.15, 0.2) is 53.7 Å². The van der Waals surface area contributed by atoms with Gasteiger partial charge < -0.3 is 5.32 Å². The Balaban J connectivity index is 2.16. The Morgan fingerprint density at radius 3 is 2.42 bits per heavy atom. The number of hydrogen-bond donors (Lipinski definition) is 1. The molecule has 0 saturated heterocycles. The van der Waals surface area contributed by atoms with E-state index in [1.54, 1.807) is 38.4 Å². The van der Waals surface area contributed by atoms with Crippen LogP contribution in [0.25, 0.3) is 0 Å². The fraction of sp³-hybridized carbons (Fsp3) is 0.294. The summed E-state index contributed by atoms with van der Waals surface area (Å²) in [6.45, 7) is 4.70. The van der Waals surface area contributed by atoms with Crippen molar-refractivity contribution in [3.8, 4) is 0 Å². The largest absolute Gasteiger partial charge is 0.348 e. The average Bonchev–Trinajstić information content (AvgIpc) is 2.61. The van der Waals surface area contributed by atoms with Gasteiger partial charge in [-0.1, -0.05) is 19.9 Å². The van der Waals surface area contributed by atoms with E-state index in [1.807, 2.05) is 12.1 Å². The molecule has 0 radical (unpaired) electrons. The second-order valence-corrected chi connectivity index (χ2v) is 7.09. The minimum absolute atomic E-state index is 0.128. The summed E-state index contributed by atoms with van der Waals surface area (Å²) in [6.07, 6.45) is 3.30. The number of hydrogen-bond acceptors (Lipinski definition) is 4. The standard InChI is InChI=1S/C17H21N3O3S/c1-3-20(4-2)24(22,23)16-7-5-6-15(12-16)17(21)19-13-14-8-10-18-11-9-14/h5-12H,3-4,13H2,1-2H3,(H,19,21). The molecule has 0 atom stereocenters. The van der Waals surface area contributed by atoms with E-state index >= 15 is 0 Å². The fourth-order valence-electron chi connectivity index (χ4n) is 2.30. The first kappa shape index (κ1) is 18.1. The summed E-state index contributed by atoms with van der Waals surface area (Å²) in [4.78, 5) is 16.3. The van der Waals surface area contributed by atoms with Gasteiger partial charge in [-0.15, -0.1) is 0 Å². The van der Waals surface area contributed by atoms with Gasteiger partial charge in [-0.3, -0.25) is 9.78 Å². The van der Waals surface area contributed by atoms with E-state index in [0.29, 0.717) is 25.2 Å². The van der Waals surface area contributed by atoms with Gasteiger partial charge in [-0.25, -0.2) is 8.42 Å². The molecular weight excluding hydrogens is 326 g/mol. The zero-order valence-corrected chi connectivity index (χ0v) is 14.6. The lowest BCUT2D eigenvalue weighted by molar-refractivity contribution is 0.0950. The maximum atomic E-state index is 12.5. The third kappa shape index (κ3) is 4.18. The third-order valence-electron chi connectivity index (χ3n) is 3.64. The predicted octanol–water partition coefficient (Wildman–Crippen LogP) is 2.04. The molecule has 0 saturated carbocycles. The lowest BCUT2D eigenvalue weighted by Gasteiger charge is -2.18. The molecule has 2 rings (SSSR count). The highest BCUT2D eigenvalue weighted by molar-refractivity contribution is 7.89. The summed E-state index contributed by atoms with van der Waals surface area (Å²) in [5.74, 6) is -0.316. The minimum atomic E-state index is -3.58. The van der Waals surface area contributed by atoms with Crippen molar-refractivity contribution >= 4 is 15.9 Å². The summed E-state index contributed by atoms with van der Waals surface area (Å²) < 4.78 is 26.4. The van der Waals surface area contributed by atoms with Crippen molar-refractivity contribution in [3.05, 3.63) is 59.9 Å². The number of carbonyl (C=O) groups is 1. The molecular formula is C17H21N3O3S. The fourth-order valence-corrected chi connectivity index (χ4v) is 3.80. The van der Waals surface area contributed by atoms with Crippen molar-refractivity contribution in [3.63, 3.8) is 0 Å². The maximum absolute atomic E-state index is 12.5. The molecule has 0 unspecified atom stereocenters. The molecule has 0 bridgehead atoms. The summed E-state index contributed by atoms with van der Waals surface area (Å²) in [6, 6.07) is 9.72. The number of rotatable bonds is 7. The summed E-state index contributed by atoms with van der Waals surface area (Å²) in [7, 11) is -3.58. The Hall–Kier alpha value is -2.25. The molecule has 1 aromatic heterocycles. The van der Waals surface area contributed by atoms with E-state index in [9.17, 15) is 13.2 Å². The van der Waals surface area contributed by atoms with Gasteiger partial charge >= 0.3 is 0 Å². The Kier molecular flexibility index (Phi) is 6.05. The normalized spacial score (nSPS) is 11.5. The highest BCUT2D eigenvalue weighted by Crippen LogP contribution is 2.17. The third-order valence-corrected chi connectivity index (χ3v) is 5.69. The van der Waals surface area contributed by atoms with Gasteiger partial charge in [0.2, 0.25) is 10.0 Å². The molecule has 0 fully saturated rings. The molecule has 0 aliphatic heterocycles. The number of carbonyl (C=O) groups excluding carboxylic acids is 1. The Labute approximate surface area is 142 Å².